The zero-order valence-corrected chi connectivity index (χ0v) is 7.57. The van der Waals surface area contributed by atoms with Crippen LogP contribution >= 0.6 is 0 Å². The Kier molecular flexibility index (Phi) is 2.56. The average Bonchev–Trinajstić information content (AvgIpc) is 2.04. The molecule has 0 amide bonds. The molecule has 1 rings (SSSR count). The van der Waals surface area contributed by atoms with Gasteiger partial charge in [0.2, 0.25) is 0 Å². The van der Waals surface area contributed by atoms with E-state index in [1.807, 2.05) is 0 Å². The first-order chi connectivity index (χ1) is 5.96. The number of anilines is 1. The van der Waals surface area contributed by atoms with Crippen molar-refractivity contribution in [3.63, 3.8) is 0 Å². The lowest BCUT2D eigenvalue weighted by Gasteiger charge is -2.29. The van der Waals surface area contributed by atoms with Crippen LogP contribution in [-0.4, -0.2) is 11.2 Å². The Bertz CT molecular complexity index is 297. The van der Waals surface area contributed by atoms with Gasteiger partial charge in [0.1, 0.15) is 5.66 Å². The van der Waals surface area contributed by atoms with Gasteiger partial charge in [-0.25, -0.2) is 0 Å². The van der Waals surface area contributed by atoms with E-state index in [0.29, 0.717) is 11.3 Å². The van der Waals surface area contributed by atoms with E-state index in [1.54, 1.807) is 24.3 Å². The molecule has 0 saturated carbocycles. The van der Waals surface area contributed by atoms with E-state index in [0.717, 1.165) is 0 Å². The number of nitrogens with two attached hydrogens (primary N) is 3. The fraction of sp³-hybridized carbons (Fsp3) is 0.333. The highest BCUT2D eigenvalue weighted by atomic mass is 16.3. The van der Waals surface area contributed by atoms with Gasteiger partial charge in [0.15, 0.2) is 0 Å². The molecule has 13 heavy (non-hydrogen) atoms. The molecule has 0 fully saturated rings. The molecule has 7 N–H and O–H groups in total. The predicted molar refractivity (Wildman–Crippen MR) is 52.6 cm³/mol. The van der Waals surface area contributed by atoms with Gasteiger partial charge in [0.05, 0.1) is 6.10 Å². The van der Waals surface area contributed by atoms with Crippen molar-refractivity contribution in [2.45, 2.75) is 18.7 Å². The van der Waals surface area contributed by atoms with Crippen molar-refractivity contribution in [1.82, 2.24) is 0 Å². The summed E-state index contributed by atoms with van der Waals surface area (Å²) in [5, 5.41) is 9.35. The van der Waals surface area contributed by atoms with Gasteiger partial charge < -0.3 is 22.3 Å². The largest absolute Gasteiger partial charge is 0.398 e. The molecular weight excluding hydrogens is 166 g/mol. The molecule has 0 radical (unpaired) electrons. The van der Waals surface area contributed by atoms with Crippen LogP contribution in [0.25, 0.3) is 0 Å². The molecule has 4 nitrogen and oxygen atoms in total. The highest BCUT2D eigenvalue weighted by Gasteiger charge is 2.29. The molecule has 0 aliphatic heterocycles. The first kappa shape index (κ1) is 9.98. The topological polar surface area (TPSA) is 98.3 Å². The Hall–Kier alpha value is -1.10. The third kappa shape index (κ3) is 1.80. The van der Waals surface area contributed by atoms with E-state index in [1.165, 1.54) is 6.92 Å². The summed E-state index contributed by atoms with van der Waals surface area (Å²) in [4.78, 5) is 0. The maximum atomic E-state index is 9.35. The van der Waals surface area contributed by atoms with E-state index in [9.17, 15) is 5.11 Å². The highest BCUT2D eigenvalue weighted by Crippen LogP contribution is 2.22. The lowest BCUT2D eigenvalue weighted by atomic mass is 9.95. The maximum absolute atomic E-state index is 9.35. The second kappa shape index (κ2) is 3.33. The van der Waals surface area contributed by atoms with Gasteiger partial charge in [-0.1, -0.05) is 18.2 Å². The van der Waals surface area contributed by atoms with E-state index in [-0.39, 0.29) is 0 Å². The number of para-hydroxylation sites is 1. The molecule has 0 spiro atoms. The summed E-state index contributed by atoms with van der Waals surface area (Å²) in [6.07, 6.45) is -0.850. The summed E-state index contributed by atoms with van der Waals surface area (Å²) < 4.78 is 0. The van der Waals surface area contributed by atoms with Crippen LogP contribution < -0.4 is 17.2 Å². The second-order valence-corrected chi connectivity index (χ2v) is 3.20. The Labute approximate surface area is 77.3 Å². The lowest BCUT2D eigenvalue weighted by molar-refractivity contribution is 0.104. The molecule has 4 heteroatoms. The Morgan fingerprint density at radius 1 is 1.31 bits per heavy atom. The molecule has 0 aliphatic rings. The number of hydrogen-bond donors (Lipinski definition) is 4. The summed E-state index contributed by atoms with van der Waals surface area (Å²) in [5.41, 5.74) is 16.9. The minimum atomic E-state index is -1.29. The summed E-state index contributed by atoms with van der Waals surface area (Å²) in [6, 6.07) is 6.98. The van der Waals surface area contributed by atoms with Crippen LogP contribution in [0.3, 0.4) is 0 Å². The van der Waals surface area contributed by atoms with Crippen molar-refractivity contribution in [3.8, 4) is 0 Å². The number of rotatable bonds is 2. The van der Waals surface area contributed by atoms with Crippen molar-refractivity contribution < 1.29 is 5.11 Å². The van der Waals surface area contributed by atoms with Crippen LogP contribution in [0.15, 0.2) is 24.3 Å². The van der Waals surface area contributed by atoms with Gasteiger partial charge in [0, 0.05) is 11.3 Å². The molecule has 0 aliphatic carbocycles. The fourth-order valence-electron chi connectivity index (χ4n) is 1.12. The quantitative estimate of drug-likeness (QED) is 0.372. The first-order valence-electron chi connectivity index (χ1n) is 4.07. The smallest absolute Gasteiger partial charge is 0.118 e. The van der Waals surface area contributed by atoms with Crippen molar-refractivity contribution in [2.75, 3.05) is 5.73 Å². The summed E-state index contributed by atoms with van der Waals surface area (Å²) in [6.45, 7) is 1.53. The Balaban J connectivity index is 3.14. The van der Waals surface area contributed by atoms with Crippen LogP contribution in [-0.2, 0) is 5.66 Å². The van der Waals surface area contributed by atoms with Crippen LogP contribution in [0.5, 0.6) is 0 Å². The third-order valence-electron chi connectivity index (χ3n) is 2.12. The third-order valence-corrected chi connectivity index (χ3v) is 2.12. The molecular formula is C9H15N3O. The van der Waals surface area contributed by atoms with E-state index in [4.69, 9.17) is 17.2 Å². The molecule has 1 unspecified atom stereocenters. The van der Waals surface area contributed by atoms with Crippen LogP contribution in [0.4, 0.5) is 5.69 Å². The maximum Gasteiger partial charge on any atom is 0.118 e. The monoisotopic (exact) mass is 181 g/mol. The molecule has 1 aromatic rings. The van der Waals surface area contributed by atoms with E-state index < -0.39 is 11.8 Å². The first-order valence-corrected chi connectivity index (χ1v) is 4.07. The second-order valence-electron chi connectivity index (χ2n) is 3.20. The van der Waals surface area contributed by atoms with Gasteiger partial charge in [0.25, 0.3) is 0 Å². The standard InChI is InChI=1S/C9H15N3O/c1-6(13)9(11,12)7-4-2-3-5-8(7)10/h2-6,13H,10-12H2,1H3. The minimum absolute atomic E-state index is 0.494. The van der Waals surface area contributed by atoms with Crippen molar-refractivity contribution in [1.29, 1.82) is 0 Å². The zero-order chi connectivity index (χ0) is 10.1. The predicted octanol–water partition coefficient (Wildman–Crippen LogP) is -0.280. The van der Waals surface area contributed by atoms with Crippen LogP contribution in [0, 0.1) is 0 Å². The number of aliphatic hydroxyl groups excluding tert-OH is 1. The van der Waals surface area contributed by atoms with Crippen molar-refractivity contribution in [2.24, 2.45) is 11.5 Å². The lowest BCUT2D eigenvalue weighted by Crippen LogP contribution is -2.54. The highest BCUT2D eigenvalue weighted by molar-refractivity contribution is 5.50. The normalized spacial score (nSPS) is 14.2. The van der Waals surface area contributed by atoms with Gasteiger partial charge in [-0.2, -0.15) is 0 Å². The number of benzene rings is 1. The molecule has 0 heterocycles. The molecule has 0 bridgehead atoms. The molecule has 72 valence electrons. The molecule has 0 saturated heterocycles. The summed E-state index contributed by atoms with van der Waals surface area (Å²) in [7, 11) is 0. The molecule has 1 aromatic carbocycles. The van der Waals surface area contributed by atoms with Gasteiger partial charge in [-0.15, -0.1) is 0 Å². The number of hydrogen-bond acceptors (Lipinski definition) is 4. The number of aliphatic hydroxyl groups is 1. The zero-order valence-electron chi connectivity index (χ0n) is 7.57. The molecule has 1 atom stereocenters. The van der Waals surface area contributed by atoms with Crippen LogP contribution in [0.2, 0.25) is 0 Å². The minimum Gasteiger partial charge on any atom is -0.398 e. The Morgan fingerprint density at radius 3 is 2.31 bits per heavy atom. The van der Waals surface area contributed by atoms with Gasteiger partial charge >= 0.3 is 0 Å². The van der Waals surface area contributed by atoms with E-state index >= 15 is 0 Å². The van der Waals surface area contributed by atoms with Crippen molar-refractivity contribution >= 4 is 5.69 Å². The van der Waals surface area contributed by atoms with Crippen LogP contribution in [0.1, 0.15) is 12.5 Å². The summed E-state index contributed by atoms with van der Waals surface area (Å²) >= 11 is 0. The fourth-order valence-corrected chi connectivity index (χ4v) is 1.12. The average molecular weight is 181 g/mol. The number of nitrogen functional groups attached to an aromatic ring is 1. The summed E-state index contributed by atoms with van der Waals surface area (Å²) in [5.74, 6) is 0. The SMILES string of the molecule is CC(O)C(N)(N)c1ccccc1N. The molecule has 0 aromatic heterocycles. The van der Waals surface area contributed by atoms with Gasteiger partial charge in [-0.3, -0.25) is 0 Å². The van der Waals surface area contributed by atoms with Gasteiger partial charge in [-0.05, 0) is 13.0 Å². The van der Waals surface area contributed by atoms with E-state index in [2.05, 4.69) is 0 Å². The van der Waals surface area contributed by atoms with Crippen molar-refractivity contribution in [3.05, 3.63) is 29.8 Å². The Morgan fingerprint density at radius 2 is 1.85 bits per heavy atom.